The molecule has 0 amide bonds. The first-order chi connectivity index (χ1) is 8.63. The molecule has 1 aromatic rings. The van der Waals surface area contributed by atoms with Crippen molar-refractivity contribution in [2.75, 3.05) is 18.0 Å². The van der Waals surface area contributed by atoms with E-state index < -0.39 is 0 Å². The van der Waals surface area contributed by atoms with E-state index in [4.69, 9.17) is 5.73 Å². The Balaban J connectivity index is 2.23. The zero-order valence-corrected chi connectivity index (χ0v) is 11.2. The first-order valence-corrected chi connectivity index (χ1v) is 6.69. The van der Waals surface area contributed by atoms with Crippen LogP contribution in [0, 0.1) is 5.92 Å². The van der Waals surface area contributed by atoms with Gasteiger partial charge in [0.1, 0.15) is 0 Å². The normalized spacial score (nSPS) is 24.3. The van der Waals surface area contributed by atoms with Crippen LogP contribution in [-0.2, 0) is 6.54 Å². The van der Waals surface area contributed by atoms with E-state index in [1.165, 1.54) is 0 Å². The fourth-order valence-electron chi connectivity index (χ4n) is 2.43. The van der Waals surface area contributed by atoms with Crippen LogP contribution in [0.15, 0.2) is 17.2 Å². The molecule has 2 heterocycles. The molecule has 1 aromatic heterocycles. The predicted molar refractivity (Wildman–Crippen MR) is 72.8 cm³/mol. The average molecular weight is 250 g/mol. The van der Waals surface area contributed by atoms with Gasteiger partial charge in [-0.1, -0.05) is 13.8 Å². The number of rotatable bonds is 3. The second-order valence-corrected chi connectivity index (χ2v) is 5.13. The zero-order chi connectivity index (χ0) is 13.1. The largest absolute Gasteiger partial charge is 0.352 e. The van der Waals surface area contributed by atoms with Crippen LogP contribution >= 0.6 is 0 Å². The maximum absolute atomic E-state index is 12.3. The van der Waals surface area contributed by atoms with Gasteiger partial charge in [0.2, 0.25) is 0 Å². The van der Waals surface area contributed by atoms with Crippen molar-refractivity contribution >= 4 is 5.82 Å². The molecule has 18 heavy (non-hydrogen) atoms. The van der Waals surface area contributed by atoms with Crippen LogP contribution in [0.5, 0.6) is 0 Å². The molecule has 2 N–H and O–H groups in total. The van der Waals surface area contributed by atoms with E-state index in [1.807, 2.05) is 0 Å². The second-order valence-electron chi connectivity index (χ2n) is 5.13. The van der Waals surface area contributed by atoms with Gasteiger partial charge in [-0.15, -0.1) is 0 Å². The smallest absolute Gasteiger partial charge is 0.293 e. The van der Waals surface area contributed by atoms with E-state index in [1.54, 1.807) is 17.0 Å². The number of hydrogen-bond acceptors (Lipinski definition) is 4. The molecular weight excluding hydrogens is 228 g/mol. The van der Waals surface area contributed by atoms with Gasteiger partial charge in [-0.2, -0.15) is 0 Å². The van der Waals surface area contributed by atoms with Gasteiger partial charge in [0.05, 0.1) is 0 Å². The van der Waals surface area contributed by atoms with Crippen molar-refractivity contribution in [2.45, 2.75) is 39.3 Å². The summed E-state index contributed by atoms with van der Waals surface area (Å²) in [6.07, 6.45) is 5.34. The minimum atomic E-state index is 0.0158. The third kappa shape index (κ3) is 2.56. The van der Waals surface area contributed by atoms with Gasteiger partial charge in [-0.3, -0.25) is 4.79 Å². The summed E-state index contributed by atoms with van der Waals surface area (Å²) in [4.78, 5) is 18.6. The van der Waals surface area contributed by atoms with Gasteiger partial charge in [-0.25, -0.2) is 4.98 Å². The van der Waals surface area contributed by atoms with Crippen LogP contribution in [-0.4, -0.2) is 28.7 Å². The molecule has 1 saturated heterocycles. The number of nitrogens with two attached hydrogens (primary N) is 1. The molecule has 1 fully saturated rings. The van der Waals surface area contributed by atoms with Crippen LogP contribution in [0.4, 0.5) is 5.82 Å². The molecule has 0 aromatic carbocycles. The van der Waals surface area contributed by atoms with Crippen molar-refractivity contribution in [3.63, 3.8) is 0 Å². The third-order valence-electron chi connectivity index (χ3n) is 3.63. The summed E-state index contributed by atoms with van der Waals surface area (Å²) < 4.78 is 1.74. The molecule has 0 saturated carbocycles. The molecule has 0 bridgehead atoms. The van der Waals surface area contributed by atoms with E-state index in [0.717, 1.165) is 32.5 Å². The molecule has 5 nitrogen and oxygen atoms in total. The van der Waals surface area contributed by atoms with E-state index in [-0.39, 0.29) is 11.6 Å². The molecule has 1 aliphatic heterocycles. The molecule has 0 radical (unpaired) electrons. The highest BCUT2D eigenvalue weighted by atomic mass is 16.1. The third-order valence-corrected chi connectivity index (χ3v) is 3.63. The Morgan fingerprint density at radius 1 is 1.56 bits per heavy atom. The first-order valence-electron chi connectivity index (χ1n) is 6.69. The first kappa shape index (κ1) is 13.1. The summed E-state index contributed by atoms with van der Waals surface area (Å²) in [5.41, 5.74) is 6.02. The van der Waals surface area contributed by atoms with Gasteiger partial charge in [0.15, 0.2) is 5.82 Å². The van der Waals surface area contributed by atoms with Gasteiger partial charge in [0, 0.05) is 38.1 Å². The Labute approximate surface area is 108 Å². The lowest BCUT2D eigenvalue weighted by Crippen LogP contribution is -2.48. The maximum Gasteiger partial charge on any atom is 0.293 e. The molecular formula is C13H22N4O. The highest BCUT2D eigenvalue weighted by Gasteiger charge is 2.25. The Hall–Kier alpha value is -1.36. The maximum atomic E-state index is 12.3. The van der Waals surface area contributed by atoms with Gasteiger partial charge in [0.25, 0.3) is 5.56 Å². The van der Waals surface area contributed by atoms with Crippen LogP contribution in [0.2, 0.25) is 0 Å². The predicted octanol–water partition coefficient (Wildman–Crippen LogP) is 0.827. The van der Waals surface area contributed by atoms with Gasteiger partial charge >= 0.3 is 0 Å². The van der Waals surface area contributed by atoms with Crippen LogP contribution < -0.4 is 16.2 Å². The van der Waals surface area contributed by atoms with Crippen molar-refractivity contribution in [3.8, 4) is 0 Å². The number of anilines is 1. The number of hydrogen-bond donors (Lipinski definition) is 1. The number of aromatic nitrogens is 2. The molecule has 2 atom stereocenters. The summed E-state index contributed by atoms with van der Waals surface area (Å²) in [5, 5.41) is 0. The van der Waals surface area contributed by atoms with Crippen LogP contribution in [0.1, 0.15) is 26.7 Å². The standard InChI is InChI=1S/C13H22N4O/c1-3-6-16-8-5-15-12(13(16)18)17-7-4-11(14)10(2)9-17/h5,8,10-11H,3-4,6-7,9,14H2,1-2H3. The van der Waals surface area contributed by atoms with Crippen molar-refractivity contribution < 1.29 is 0 Å². The Kier molecular flexibility index (Phi) is 4.01. The van der Waals surface area contributed by atoms with Crippen LogP contribution in [0.25, 0.3) is 0 Å². The summed E-state index contributed by atoms with van der Waals surface area (Å²) in [5.74, 6) is 0.976. The van der Waals surface area contributed by atoms with Gasteiger partial charge in [-0.05, 0) is 18.8 Å². The fraction of sp³-hybridized carbons (Fsp3) is 0.692. The highest BCUT2D eigenvalue weighted by Crippen LogP contribution is 2.17. The second kappa shape index (κ2) is 5.52. The summed E-state index contributed by atoms with van der Waals surface area (Å²) in [6, 6.07) is 0.239. The lowest BCUT2D eigenvalue weighted by molar-refractivity contribution is 0.380. The van der Waals surface area contributed by atoms with Gasteiger partial charge < -0.3 is 15.2 Å². The van der Waals surface area contributed by atoms with E-state index in [9.17, 15) is 4.79 Å². The number of piperidine rings is 1. The van der Waals surface area contributed by atoms with Crippen molar-refractivity contribution in [3.05, 3.63) is 22.7 Å². The average Bonchev–Trinajstić information content (AvgIpc) is 2.36. The highest BCUT2D eigenvalue weighted by molar-refractivity contribution is 5.36. The topological polar surface area (TPSA) is 64.2 Å². The Bertz CT molecular complexity index is 457. The lowest BCUT2D eigenvalue weighted by atomic mass is 9.95. The summed E-state index contributed by atoms with van der Waals surface area (Å²) in [6.45, 7) is 6.58. The molecule has 2 unspecified atom stereocenters. The Morgan fingerprint density at radius 3 is 3.00 bits per heavy atom. The van der Waals surface area contributed by atoms with E-state index >= 15 is 0 Å². The monoisotopic (exact) mass is 250 g/mol. The number of aryl methyl sites for hydroxylation is 1. The summed E-state index contributed by atoms with van der Waals surface area (Å²) >= 11 is 0. The summed E-state index contributed by atoms with van der Waals surface area (Å²) in [7, 11) is 0. The molecule has 100 valence electrons. The van der Waals surface area contributed by atoms with Crippen molar-refractivity contribution in [1.29, 1.82) is 0 Å². The fourth-order valence-corrected chi connectivity index (χ4v) is 2.43. The molecule has 2 rings (SSSR count). The quantitative estimate of drug-likeness (QED) is 0.863. The van der Waals surface area contributed by atoms with Crippen LogP contribution in [0.3, 0.4) is 0 Å². The minimum absolute atomic E-state index is 0.0158. The lowest BCUT2D eigenvalue weighted by Gasteiger charge is -2.35. The SMILES string of the molecule is CCCn1ccnc(N2CCC(N)C(C)C2)c1=O. The Morgan fingerprint density at radius 2 is 2.33 bits per heavy atom. The number of nitrogens with zero attached hydrogens (tertiary/aromatic N) is 3. The molecule has 0 spiro atoms. The molecule has 0 aliphatic carbocycles. The van der Waals surface area contributed by atoms with E-state index in [2.05, 4.69) is 23.7 Å². The van der Waals surface area contributed by atoms with E-state index in [0.29, 0.717) is 11.7 Å². The molecule has 1 aliphatic rings. The van der Waals surface area contributed by atoms with Crippen molar-refractivity contribution in [1.82, 2.24) is 9.55 Å². The minimum Gasteiger partial charge on any atom is -0.352 e. The zero-order valence-electron chi connectivity index (χ0n) is 11.2. The van der Waals surface area contributed by atoms with Crippen molar-refractivity contribution in [2.24, 2.45) is 11.7 Å². The molecule has 5 heteroatoms.